The third kappa shape index (κ3) is 2.08. The summed E-state index contributed by atoms with van der Waals surface area (Å²) in [6.07, 6.45) is 3.37. The topological polar surface area (TPSA) is 64.4 Å². The molecular formula is C11H14N2O3. The summed E-state index contributed by atoms with van der Waals surface area (Å²) in [5, 5.41) is 14.1. The van der Waals surface area contributed by atoms with Crippen LogP contribution in [0.2, 0.25) is 0 Å². The van der Waals surface area contributed by atoms with Gasteiger partial charge in [0.2, 0.25) is 0 Å². The Morgan fingerprint density at radius 3 is 2.75 bits per heavy atom. The summed E-state index contributed by atoms with van der Waals surface area (Å²) in [5.41, 5.74) is 0.654. The van der Waals surface area contributed by atoms with Gasteiger partial charge >= 0.3 is 0 Å². The number of nitro benzene ring substituents is 1. The average Bonchev–Trinajstić information content (AvgIpc) is 2.23. The molecule has 1 N–H and O–H groups in total. The van der Waals surface area contributed by atoms with E-state index in [2.05, 4.69) is 5.32 Å². The van der Waals surface area contributed by atoms with E-state index in [1.807, 2.05) is 0 Å². The molecule has 1 fully saturated rings. The van der Waals surface area contributed by atoms with E-state index in [-0.39, 0.29) is 10.6 Å². The van der Waals surface area contributed by atoms with Gasteiger partial charge in [0.1, 0.15) is 11.4 Å². The average molecular weight is 222 g/mol. The molecule has 0 bridgehead atoms. The van der Waals surface area contributed by atoms with Gasteiger partial charge in [0, 0.05) is 6.04 Å². The highest BCUT2D eigenvalue weighted by Crippen LogP contribution is 2.32. The Hall–Kier alpha value is -1.78. The first-order valence-electron chi connectivity index (χ1n) is 5.29. The van der Waals surface area contributed by atoms with Crippen molar-refractivity contribution in [2.45, 2.75) is 25.3 Å². The van der Waals surface area contributed by atoms with Crippen molar-refractivity contribution in [3.63, 3.8) is 0 Å². The normalized spacial score (nSPS) is 15.3. The molecule has 0 radical (unpaired) electrons. The van der Waals surface area contributed by atoms with Gasteiger partial charge in [-0.05, 0) is 31.4 Å². The molecule has 0 aromatic heterocycles. The largest absolute Gasteiger partial charge is 0.496 e. The first-order chi connectivity index (χ1) is 7.70. The van der Waals surface area contributed by atoms with Crippen LogP contribution in [0.15, 0.2) is 18.2 Å². The molecule has 0 heterocycles. The monoisotopic (exact) mass is 222 g/mol. The summed E-state index contributed by atoms with van der Waals surface area (Å²) in [7, 11) is 1.50. The number of rotatable bonds is 4. The first-order valence-corrected chi connectivity index (χ1v) is 5.29. The molecule has 0 saturated heterocycles. The predicted molar refractivity (Wildman–Crippen MR) is 60.9 cm³/mol. The van der Waals surface area contributed by atoms with E-state index in [0.29, 0.717) is 17.5 Å². The molecule has 86 valence electrons. The molecule has 0 atom stereocenters. The second-order valence-electron chi connectivity index (χ2n) is 3.91. The third-order valence-electron chi connectivity index (χ3n) is 2.87. The fourth-order valence-corrected chi connectivity index (χ4v) is 1.68. The first kappa shape index (κ1) is 10.7. The van der Waals surface area contributed by atoms with E-state index in [4.69, 9.17) is 4.74 Å². The van der Waals surface area contributed by atoms with Crippen LogP contribution in [0.5, 0.6) is 5.75 Å². The summed E-state index contributed by atoms with van der Waals surface area (Å²) >= 11 is 0. The SMILES string of the molecule is COc1ccc(NC2CCC2)c([N+](=O)[O-])c1. The highest BCUT2D eigenvalue weighted by molar-refractivity contribution is 5.64. The van der Waals surface area contributed by atoms with Crippen LogP contribution in [-0.4, -0.2) is 18.1 Å². The number of benzene rings is 1. The zero-order chi connectivity index (χ0) is 11.5. The zero-order valence-corrected chi connectivity index (χ0v) is 9.10. The van der Waals surface area contributed by atoms with Crippen molar-refractivity contribution in [1.29, 1.82) is 0 Å². The van der Waals surface area contributed by atoms with Crippen molar-refractivity contribution in [3.8, 4) is 5.75 Å². The van der Waals surface area contributed by atoms with E-state index < -0.39 is 0 Å². The summed E-state index contributed by atoms with van der Waals surface area (Å²) in [6, 6.07) is 5.26. The summed E-state index contributed by atoms with van der Waals surface area (Å²) < 4.78 is 4.97. The van der Waals surface area contributed by atoms with E-state index in [1.54, 1.807) is 12.1 Å². The van der Waals surface area contributed by atoms with E-state index in [0.717, 1.165) is 12.8 Å². The van der Waals surface area contributed by atoms with Gasteiger partial charge in [0.15, 0.2) is 0 Å². The number of nitro groups is 1. The molecule has 1 aliphatic carbocycles. The van der Waals surface area contributed by atoms with Gasteiger partial charge in [-0.15, -0.1) is 0 Å². The molecule has 0 spiro atoms. The lowest BCUT2D eigenvalue weighted by atomic mass is 9.93. The van der Waals surface area contributed by atoms with E-state index >= 15 is 0 Å². The minimum absolute atomic E-state index is 0.0752. The molecule has 1 aromatic carbocycles. The van der Waals surface area contributed by atoms with Gasteiger partial charge in [0.05, 0.1) is 18.1 Å². The molecule has 0 unspecified atom stereocenters. The number of hydrogen-bond acceptors (Lipinski definition) is 4. The van der Waals surface area contributed by atoms with Gasteiger partial charge in [-0.3, -0.25) is 10.1 Å². The van der Waals surface area contributed by atoms with Crippen molar-refractivity contribution in [3.05, 3.63) is 28.3 Å². The summed E-state index contributed by atoms with van der Waals surface area (Å²) in [4.78, 5) is 10.5. The number of anilines is 1. The highest BCUT2D eigenvalue weighted by Gasteiger charge is 2.22. The molecule has 2 rings (SSSR count). The Balaban J connectivity index is 2.24. The fraction of sp³-hybridized carbons (Fsp3) is 0.455. The van der Waals surface area contributed by atoms with E-state index in [9.17, 15) is 10.1 Å². The molecule has 0 aliphatic heterocycles. The third-order valence-corrected chi connectivity index (χ3v) is 2.87. The lowest BCUT2D eigenvalue weighted by Gasteiger charge is -2.27. The van der Waals surface area contributed by atoms with Gasteiger partial charge < -0.3 is 10.1 Å². The number of nitrogens with zero attached hydrogens (tertiary/aromatic N) is 1. The molecule has 5 nitrogen and oxygen atoms in total. The van der Waals surface area contributed by atoms with Crippen LogP contribution in [0.3, 0.4) is 0 Å². The van der Waals surface area contributed by atoms with Gasteiger partial charge in [-0.2, -0.15) is 0 Å². The second-order valence-corrected chi connectivity index (χ2v) is 3.91. The van der Waals surface area contributed by atoms with Crippen molar-refractivity contribution in [2.24, 2.45) is 0 Å². The van der Waals surface area contributed by atoms with Crippen molar-refractivity contribution >= 4 is 11.4 Å². The van der Waals surface area contributed by atoms with E-state index in [1.165, 1.54) is 19.6 Å². The smallest absolute Gasteiger partial charge is 0.296 e. The molecule has 0 amide bonds. The van der Waals surface area contributed by atoms with Crippen molar-refractivity contribution in [2.75, 3.05) is 12.4 Å². The molecule has 16 heavy (non-hydrogen) atoms. The van der Waals surface area contributed by atoms with Crippen LogP contribution in [0.1, 0.15) is 19.3 Å². The lowest BCUT2D eigenvalue weighted by Crippen LogP contribution is -2.27. The number of hydrogen-bond donors (Lipinski definition) is 1. The van der Waals surface area contributed by atoms with Gasteiger partial charge in [-0.25, -0.2) is 0 Å². The quantitative estimate of drug-likeness (QED) is 0.628. The minimum atomic E-state index is -0.385. The Labute approximate surface area is 93.6 Å². The van der Waals surface area contributed by atoms with Crippen LogP contribution in [-0.2, 0) is 0 Å². The van der Waals surface area contributed by atoms with Crippen LogP contribution in [0, 0.1) is 10.1 Å². The maximum atomic E-state index is 10.9. The maximum Gasteiger partial charge on any atom is 0.296 e. The maximum absolute atomic E-state index is 10.9. The Kier molecular flexibility index (Phi) is 2.94. The Morgan fingerprint density at radius 1 is 1.50 bits per heavy atom. The molecular weight excluding hydrogens is 208 g/mol. The molecule has 1 saturated carbocycles. The molecule has 1 aromatic rings. The standard InChI is InChI=1S/C11H14N2O3/c1-16-9-5-6-10(11(7-9)13(14)15)12-8-3-2-4-8/h5-8,12H,2-4H2,1H3. The number of methoxy groups -OCH3 is 1. The highest BCUT2D eigenvalue weighted by atomic mass is 16.6. The predicted octanol–water partition coefficient (Wildman–Crippen LogP) is 2.57. The zero-order valence-electron chi connectivity index (χ0n) is 9.10. The molecule has 1 aliphatic rings. The Morgan fingerprint density at radius 2 is 2.25 bits per heavy atom. The fourth-order valence-electron chi connectivity index (χ4n) is 1.68. The number of nitrogens with one attached hydrogen (secondary N) is 1. The van der Waals surface area contributed by atoms with Crippen LogP contribution < -0.4 is 10.1 Å². The van der Waals surface area contributed by atoms with Crippen LogP contribution >= 0.6 is 0 Å². The number of ether oxygens (including phenoxy) is 1. The minimum Gasteiger partial charge on any atom is -0.496 e. The lowest BCUT2D eigenvalue weighted by molar-refractivity contribution is -0.384. The summed E-state index contributed by atoms with van der Waals surface area (Å²) in [5.74, 6) is 0.505. The van der Waals surface area contributed by atoms with Crippen molar-refractivity contribution < 1.29 is 9.66 Å². The van der Waals surface area contributed by atoms with Crippen LogP contribution in [0.4, 0.5) is 11.4 Å². The van der Waals surface area contributed by atoms with Crippen LogP contribution in [0.25, 0.3) is 0 Å². The second kappa shape index (κ2) is 4.38. The summed E-state index contributed by atoms with van der Waals surface area (Å²) in [6.45, 7) is 0. The van der Waals surface area contributed by atoms with Gasteiger partial charge in [-0.1, -0.05) is 0 Å². The van der Waals surface area contributed by atoms with Gasteiger partial charge in [0.25, 0.3) is 5.69 Å². The molecule has 5 heteroatoms. The van der Waals surface area contributed by atoms with Crippen molar-refractivity contribution in [1.82, 2.24) is 0 Å². The Bertz CT molecular complexity index is 402.